The van der Waals surface area contributed by atoms with E-state index in [1.54, 1.807) is 6.92 Å². The zero-order valence-corrected chi connectivity index (χ0v) is 7.39. The molecule has 2 saturated carbocycles. The van der Waals surface area contributed by atoms with Crippen LogP contribution in [0.3, 0.4) is 0 Å². The Morgan fingerprint density at radius 3 is 2.45 bits per heavy atom. The molecule has 0 heterocycles. The largest absolute Gasteiger partial charge is 0.299 e. The Bertz CT molecular complexity index is 197. The predicted octanol–water partition coefficient (Wildman–Crippen LogP) is 2.40. The van der Waals surface area contributed by atoms with Gasteiger partial charge in [-0.05, 0) is 38.0 Å². The number of hydrogen-bond donors (Lipinski definition) is 0. The van der Waals surface area contributed by atoms with E-state index in [1.807, 2.05) is 0 Å². The van der Waals surface area contributed by atoms with Gasteiger partial charge >= 0.3 is 0 Å². The summed E-state index contributed by atoms with van der Waals surface area (Å²) in [5.41, 5.74) is 0.0723. The molecule has 11 heavy (non-hydrogen) atoms. The standard InChI is InChI=1S/C10H16O/c1-7(11)10(2)6-8-3-4-9(10)5-8/h8-9H,3-6H2,1-2H3. The highest BCUT2D eigenvalue weighted by atomic mass is 16.1. The molecule has 2 fully saturated rings. The van der Waals surface area contributed by atoms with E-state index in [0.717, 1.165) is 11.8 Å². The van der Waals surface area contributed by atoms with E-state index in [2.05, 4.69) is 6.92 Å². The van der Waals surface area contributed by atoms with Crippen LogP contribution in [0.2, 0.25) is 0 Å². The normalized spacial score (nSPS) is 48.2. The SMILES string of the molecule is CC(=O)C1(C)CC2CCC1C2. The molecule has 1 heteroatoms. The van der Waals surface area contributed by atoms with Crippen molar-refractivity contribution < 1.29 is 4.79 Å². The van der Waals surface area contributed by atoms with Crippen molar-refractivity contribution in [1.29, 1.82) is 0 Å². The highest BCUT2D eigenvalue weighted by molar-refractivity contribution is 5.82. The molecule has 2 bridgehead atoms. The second kappa shape index (κ2) is 2.09. The van der Waals surface area contributed by atoms with Crippen molar-refractivity contribution in [2.75, 3.05) is 0 Å². The maximum Gasteiger partial charge on any atom is 0.135 e. The average molecular weight is 152 g/mol. The van der Waals surface area contributed by atoms with Gasteiger partial charge in [0.15, 0.2) is 0 Å². The molecule has 0 N–H and O–H groups in total. The predicted molar refractivity (Wildman–Crippen MR) is 44.2 cm³/mol. The maximum absolute atomic E-state index is 11.4. The highest BCUT2D eigenvalue weighted by Crippen LogP contribution is 2.55. The molecule has 2 aliphatic rings. The lowest BCUT2D eigenvalue weighted by Crippen LogP contribution is -2.31. The van der Waals surface area contributed by atoms with Crippen LogP contribution in [-0.4, -0.2) is 5.78 Å². The summed E-state index contributed by atoms with van der Waals surface area (Å²) in [6.45, 7) is 3.93. The third-order valence-electron chi connectivity index (χ3n) is 3.96. The molecule has 62 valence electrons. The van der Waals surface area contributed by atoms with Crippen LogP contribution >= 0.6 is 0 Å². The lowest BCUT2D eigenvalue weighted by molar-refractivity contribution is -0.128. The molecule has 2 rings (SSSR count). The quantitative estimate of drug-likeness (QED) is 0.564. The topological polar surface area (TPSA) is 17.1 Å². The Morgan fingerprint density at radius 2 is 2.18 bits per heavy atom. The third-order valence-corrected chi connectivity index (χ3v) is 3.96. The Balaban J connectivity index is 2.23. The molecule has 0 aliphatic heterocycles. The summed E-state index contributed by atoms with van der Waals surface area (Å²) in [6, 6.07) is 0. The lowest BCUT2D eigenvalue weighted by atomic mass is 9.72. The van der Waals surface area contributed by atoms with Gasteiger partial charge in [0.1, 0.15) is 5.78 Å². The Kier molecular flexibility index (Phi) is 1.39. The third kappa shape index (κ3) is 0.863. The van der Waals surface area contributed by atoms with Crippen molar-refractivity contribution in [3.05, 3.63) is 0 Å². The molecule has 0 saturated heterocycles. The van der Waals surface area contributed by atoms with E-state index < -0.39 is 0 Å². The van der Waals surface area contributed by atoms with Crippen molar-refractivity contribution in [3.63, 3.8) is 0 Å². The van der Waals surface area contributed by atoms with Crippen molar-refractivity contribution >= 4 is 5.78 Å². The number of hydrogen-bond acceptors (Lipinski definition) is 1. The molecule has 0 spiro atoms. The van der Waals surface area contributed by atoms with E-state index in [-0.39, 0.29) is 5.41 Å². The first-order chi connectivity index (χ1) is 5.13. The summed E-state index contributed by atoms with van der Waals surface area (Å²) >= 11 is 0. The molecule has 0 amide bonds. The van der Waals surface area contributed by atoms with Crippen LogP contribution in [0.15, 0.2) is 0 Å². The zero-order valence-electron chi connectivity index (χ0n) is 7.39. The number of carbonyl (C=O) groups excluding carboxylic acids is 1. The molecule has 3 unspecified atom stereocenters. The van der Waals surface area contributed by atoms with Gasteiger partial charge in [-0.1, -0.05) is 13.3 Å². The van der Waals surface area contributed by atoms with E-state index in [1.165, 1.54) is 25.7 Å². The minimum Gasteiger partial charge on any atom is -0.299 e. The van der Waals surface area contributed by atoms with Gasteiger partial charge in [0.2, 0.25) is 0 Å². The number of rotatable bonds is 1. The van der Waals surface area contributed by atoms with Gasteiger partial charge in [-0.15, -0.1) is 0 Å². The smallest absolute Gasteiger partial charge is 0.135 e. The van der Waals surface area contributed by atoms with E-state index in [9.17, 15) is 4.79 Å². The molecule has 1 nitrogen and oxygen atoms in total. The first-order valence-electron chi connectivity index (χ1n) is 4.64. The first-order valence-corrected chi connectivity index (χ1v) is 4.64. The van der Waals surface area contributed by atoms with E-state index in [4.69, 9.17) is 0 Å². The van der Waals surface area contributed by atoms with Gasteiger partial charge in [-0.25, -0.2) is 0 Å². The minimum absolute atomic E-state index is 0.0723. The van der Waals surface area contributed by atoms with Crippen LogP contribution in [0.4, 0.5) is 0 Å². The number of carbonyl (C=O) groups is 1. The second-order valence-corrected chi connectivity index (χ2v) is 4.55. The number of ketones is 1. The van der Waals surface area contributed by atoms with Crippen molar-refractivity contribution in [2.24, 2.45) is 17.3 Å². The molecule has 0 aromatic rings. The number of Topliss-reactive ketones (excluding diaryl/α,β-unsaturated/α-hetero) is 1. The molecule has 3 atom stereocenters. The summed E-state index contributed by atoms with van der Waals surface area (Å²) in [7, 11) is 0. The Hall–Kier alpha value is -0.330. The molecule has 0 aromatic heterocycles. The summed E-state index contributed by atoms with van der Waals surface area (Å²) in [4.78, 5) is 11.4. The van der Waals surface area contributed by atoms with Crippen LogP contribution < -0.4 is 0 Å². The molecular formula is C10H16O. The van der Waals surface area contributed by atoms with Crippen molar-refractivity contribution in [1.82, 2.24) is 0 Å². The first kappa shape index (κ1) is 7.33. The monoisotopic (exact) mass is 152 g/mol. The summed E-state index contributed by atoms with van der Waals surface area (Å²) in [5, 5.41) is 0. The Labute approximate surface area is 68.2 Å². The summed E-state index contributed by atoms with van der Waals surface area (Å²) < 4.78 is 0. The van der Waals surface area contributed by atoms with Gasteiger partial charge in [0, 0.05) is 5.41 Å². The minimum atomic E-state index is 0.0723. The van der Waals surface area contributed by atoms with Crippen LogP contribution in [0.5, 0.6) is 0 Å². The van der Waals surface area contributed by atoms with Gasteiger partial charge in [-0.2, -0.15) is 0 Å². The molecular weight excluding hydrogens is 136 g/mol. The maximum atomic E-state index is 11.4. The van der Waals surface area contributed by atoms with Crippen LogP contribution in [0, 0.1) is 17.3 Å². The van der Waals surface area contributed by atoms with Gasteiger partial charge in [-0.3, -0.25) is 4.79 Å². The van der Waals surface area contributed by atoms with Crippen LogP contribution in [0.25, 0.3) is 0 Å². The van der Waals surface area contributed by atoms with Crippen LogP contribution in [-0.2, 0) is 4.79 Å². The Morgan fingerprint density at radius 1 is 1.45 bits per heavy atom. The molecule has 0 radical (unpaired) electrons. The number of fused-ring (bicyclic) bond motifs is 2. The highest BCUT2D eigenvalue weighted by Gasteiger charge is 2.50. The van der Waals surface area contributed by atoms with Crippen molar-refractivity contribution in [3.8, 4) is 0 Å². The molecule has 2 aliphatic carbocycles. The van der Waals surface area contributed by atoms with Crippen LogP contribution in [0.1, 0.15) is 39.5 Å². The van der Waals surface area contributed by atoms with E-state index in [0.29, 0.717) is 5.78 Å². The fraction of sp³-hybridized carbons (Fsp3) is 0.900. The fourth-order valence-corrected chi connectivity index (χ4v) is 3.04. The fourth-order valence-electron chi connectivity index (χ4n) is 3.04. The summed E-state index contributed by atoms with van der Waals surface area (Å²) in [5.74, 6) is 2.03. The zero-order chi connectivity index (χ0) is 8.06. The molecule has 0 aromatic carbocycles. The summed E-state index contributed by atoms with van der Waals surface area (Å²) in [6.07, 6.45) is 5.19. The average Bonchev–Trinajstić information content (AvgIpc) is 2.45. The second-order valence-electron chi connectivity index (χ2n) is 4.55. The lowest BCUT2D eigenvalue weighted by Gasteiger charge is -2.30. The van der Waals surface area contributed by atoms with E-state index >= 15 is 0 Å². The van der Waals surface area contributed by atoms with Crippen molar-refractivity contribution in [2.45, 2.75) is 39.5 Å². The van der Waals surface area contributed by atoms with Gasteiger partial charge < -0.3 is 0 Å². The van der Waals surface area contributed by atoms with Gasteiger partial charge in [0.05, 0.1) is 0 Å². The van der Waals surface area contributed by atoms with Gasteiger partial charge in [0.25, 0.3) is 0 Å².